The monoisotopic (exact) mass is 217 g/mol. The molecular weight excluding hydrogens is 200 g/mol. The minimum atomic E-state index is 0.713. The van der Waals surface area contributed by atoms with Crippen LogP contribution in [-0.4, -0.2) is 37.2 Å². The van der Waals surface area contributed by atoms with Gasteiger partial charge in [-0.1, -0.05) is 12.1 Å². The van der Waals surface area contributed by atoms with Gasteiger partial charge in [0.15, 0.2) is 11.4 Å². The van der Waals surface area contributed by atoms with Gasteiger partial charge in [-0.2, -0.15) is 0 Å². The summed E-state index contributed by atoms with van der Waals surface area (Å²) in [5.74, 6) is 0.958. The van der Waals surface area contributed by atoms with E-state index in [0.717, 1.165) is 12.3 Å². The molecule has 3 heteroatoms. The quantitative estimate of drug-likeness (QED) is 0.701. The fraction of sp³-hybridized carbons (Fsp3) is 0.462. The number of hydrogen-bond acceptors (Lipinski definition) is 2. The van der Waals surface area contributed by atoms with Gasteiger partial charge in [0.1, 0.15) is 12.6 Å². The maximum absolute atomic E-state index is 5.40. The van der Waals surface area contributed by atoms with E-state index >= 15 is 0 Å². The Morgan fingerprint density at radius 1 is 1.38 bits per heavy atom. The molecule has 16 heavy (non-hydrogen) atoms. The Hall–Kier alpha value is -1.51. The Kier molecular flexibility index (Phi) is 2.31. The molecule has 3 nitrogen and oxygen atoms in total. The van der Waals surface area contributed by atoms with Crippen molar-refractivity contribution in [1.29, 1.82) is 0 Å². The van der Waals surface area contributed by atoms with Crippen LogP contribution in [0.25, 0.3) is 0 Å². The standard InChI is InChI=1S/C13H17N2O/c1-16-13-7-3-2-6-12(13)15-9-11-5-4-8-14(11)10-15/h2-3,6-7,10-11H,4-5,8-9H2,1H3/q+1/t11-/m0/s1. The molecule has 1 aromatic rings. The van der Waals surface area contributed by atoms with E-state index in [1.54, 1.807) is 7.11 Å². The van der Waals surface area contributed by atoms with Crippen molar-refractivity contribution >= 4 is 12.0 Å². The molecule has 0 aromatic heterocycles. The van der Waals surface area contributed by atoms with Crippen LogP contribution in [-0.2, 0) is 0 Å². The second kappa shape index (κ2) is 3.81. The minimum absolute atomic E-state index is 0.713. The first kappa shape index (κ1) is 9.70. The summed E-state index contributed by atoms with van der Waals surface area (Å²) < 4.78 is 7.85. The number of hydrogen-bond donors (Lipinski definition) is 0. The first-order chi connectivity index (χ1) is 7.88. The summed E-state index contributed by atoms with van der Waals surface area (Å²) in [4.78, 5) is 2.31. The van der Waals surface area contributed by atoms with Crippen molar-refractivity contribution < 1.29 is 9.31 Å². The molecule has 0 N–H and O–H groups in total. The highest BCUT2D eigenvalue weighted by Gasteiger charge is 2.36. The van der Waals surface area contributed by atoms with Crippen molar-refractivity contribution in [3.05, 3.63) is 24.3 Å². The van der Waals surface area contributed by atoms with E-state index in [4.69, 9.17) is 4.74 Å². The molecule has 1 fully saturated rings. The lowest BCUT2D eigenvalue weighted by atomic mass is 10.2. The smallest absolute Gasteiger partial charge is 0.239 e. The van der Waals surface area contributed by atoms with Crippen LogP contribution in [0.15, 0.2) is 24.3 Å². The van der Waals surface area contributed by atoms with Crippen molar-refractivity contribution in [2.45, 2.75) is 18.9 Å². The Morgan fingerprint density at radius 3 is 3.06 bits per heavy atom. The van der Waals surface area contributed by atoms with E-state index in [2.05, 4.69) is 27.9 Å². The lowest BCUT2D eigenvalue weighted by molar-refractivity contribution is -0.529. The summed E-state index contributed by atoms with van der Waals surface area (Å²) >= 11 is 0. The number of benzene rings is 1. The highest BCUT2D eigenvalue weighted by molar-refractivity contribution is 5.80. The van der Waals surface area contributed by atoms with Gasteiger partial charge in [-0.25, -0.2) is 4.90 Å². The van der Waals surface area contributed by atoms with Gasteiger partial charge in [-0.05, 0) is 25.0 Å². The minimum Gasteiger partial charge on any atom is -0.492 e. The summed E-state index contributed by atoms with van der Waals surface area (Å²) in [6.45, 7) is 2.30. The maximum Gasteiger partial charge on any atom is 0.239 e. The predicted octanol–water partition coefficient (Wildman–Crippen LogP) is 1.72. The molecule has 0 spiro atoms. The van der Waals surface area contributed by atoms with Crippen LogP contribution in [0, 0.1) is 0 Å². The number of nitrogens with zero attached hydrogens (tertiary/aromatic N) is 2. The van der Waals surface area contributed by atoms with Crippen molar-refractivity contribution in [2.24, 2.45) is 0 Å². The Labute approximate surface area is 96.0 Å². The molecule has 1 aromatic carbocycles. The van der Waals surface area contributed by atoms with E-state index in [1.807, 2.05) is 12.1 Å². The largest absolute Gasteiger partial charge is 0.492 e. The number of ether oxygens (including phenoxy) is 1. The Balaban J connectivity index is 1.91. The molecule has 2 aliphatic rings. The maximum atomic E-state index is 5.40. The molecule has 0 saturated carbocycles. The number of fused-ring (bicyclic) bond motifs is 1. The Morgan fingerprint density at radius 2 is 2.25 bits per heavy atom. The normalized spacial score (nSPS) is 23.2. The fourth-order valence-electron chi connectivity index (χ4n) is 2.69. The van der Waals surface area contributed by atoms with Crippen LogP contribution in [0.2, 0.25) is 0 Å². The van der Waals surface area contributed by atoms with E-state index in [-0.39, 0.29) is 0 Å². The number of rotatable bonds is 2. The van der Waals surface area contributed by atoms with Crippen LogP contribution < -0.4 is 9.64 Å². The number of para-hydroxylation sites is 2. The molecule has 0 bridgehead atoms. The topological polar surface area (TPSA) is 15.5 Å². The second-order valence-electron chi connectivity index (χ2n) is 4.47. The molecule has 0 unspecified atom stereocenters. The molecule has 0 aliphatic carbocycles. The number of anilines is 1. The molecule has 3 rings (SSSR count). The summed E-state index contributed by atoms with van der Waals surface area (Å²) in [6.07, 6.45) is 4.90. The Bertz CT molecular complexity index is 428. The SMILES string of the molecule is COc1ccccc1N1C=[N+]2CCC[C@H]2C1. The molecule has 2 aliphatic heterocycles. The lowest BCUT2D eigenvalue weighted by Gasteiger charge is -2.11. The van der Waals surface area contributed by atoms with E-state index in [1.165, 1.54) is 25.1 Å². The molecule has 2 heterocycles. The van der Waals surface area contributed by atoms with Crippen molar-refractivity contribution in [3.63, 3.8) is 0 Å². The van der Waals surface area contributed by atoms with Crippen LogP contribution in [0.5, 0.6) is 5.75 Å². The molecule has 0 radical (unpaired) electrons. The first-order valence-corrected chi connectivity index (χ1v) is 5.89. The van der Waals surface area contributed by atoms with Crippen LogP contribution in [0.3, 0.4) is 0 Å². The van der Waals surface area contributed by atoms with E-state index in [0.29, 0.717) is 6.04 Å². The van der Waals surface area contributed by atoms with Crippen molar-refractivity contribution in [3.8, 4) is 5.75 Å². The fourth-order valence-corrected chi connectivity index (χ4v) is 2.69. The third-order valence-electron chi connectivity index (χ3n) is 3.51. The zero-order valence-electron chi connectivity index (χ0n) is 9.60. The van der Waals surface area contributed by atoms with Gasteiger partial charge in [0.2, 0.25) is 6.34 Å². The van der Waals surface area contributed by atoms with Gasteiger partial charge in [0, 0.05) is 0 Å². The van der Waals surface area contributed by atoms with Crippen molar-refractivity contribution in [2.75, 3.05) is 25.1 Å². The first-order valence-electron chi connectivity index (χ1n) is 5.89. The van der Waals surface area contributed by atoms with Gasteiger partial charge >= 0.3 is 0 Å². The third kappa shape index (κ3) is 1.47. The van der Waals surface area contributed by atoms with E-state index < -0.39 is 0 Å². The van der Waals surface area contributed by atoms with Gasteiger partial charge in [-0.3, -0.25) is 4.58 Å². The molecule has 0 amide bonds. The van der Waals surface area contributed by atoms with Gasteiger partial charge in [-0.15, -0.1) is 0 Å². The number of methoxy groups -OCH3 is 1. The van der Waals surface area contributed by atoms with Crippen LogP contribution >= 0.6 is 0 Å². The lowest BCUT2D eigenvalue weighted by Crippen LogP contribution is -2.23. The zero-order chi connectivity index (χ0) is 11.0. The summed E-state index contributed by atoms with van der Waals surface area (Å²) in [5.41, 5.74) is 1.18. The van der Waals surface area contributed by atoms with Gasteiger partial charge in [0.25, 0.3) is 0 Å². The highest BCUT2D eigenvalue weighted by atomic mass is 16.5. The van der Waals surface area contributed by atoms with Crippen LogP contribution in [0.1, 0.15) is 12.8 Å². The summed E-state index contributed by atoms with van der Waals surface area (Å²) in [5, 5.41) is 0. The predicted molar refractivity (Wildman–Crippen MR) is 64.6 cm³/mol. The highest BCUT2D eigenvalue weighted by Crippen LogP contribution is 2.30. The average Bonchev–Trinajstić information content (AvgIpc) is 2.89. The van der Waals surface area contributed by atoms with E-state index in [9.17, 15) is 0 Å². The zero-order valence-corrected chi connectivity index (χ0v) is 9.60. The summed E-state index contributed by atoms with van der Waals surface area (Å²) in [7, 11) is 1.73. The molecule has 1 saturated heterocycles. The van der Waals surface area contributed by atoms with Crippen molar-refractivity contribution in [1.82, 2.24) is 0 Å². The molecular formula is C13H17N2O+. The molecule has 84 valence electrons. The molecule has 1 atom stereocenters. The third-order valence-corrected chi connectivity index (χ3v) is 3.51. The van der Waals surface area contributed by atoms with Gasteiger partial charge < -0.3 is 4.74 Å². The average molecular weight is 217 g/mol. The second-order valence-corrected chi connectivity index (χ2v) is 4.47. The van der Waals surface area contributed by atoms with Crippen LogP contribution in [0.4, 0.5) is 5.69 Å². The van der Waals surface area contributed by atoms with Gasteiger partial charge in [0.05, 0.1) is 13.7 Å². The summed E-state index contributed by atoms with van der Waals surface area (Å²) in [6, 6.07) is 8.93.